The van der Waals surface area contributed by atoms with Crippen molar-refractivity contribution in [1.82, 2.24) is 19.9 Å². The monoisotopic (exact) mass is 613 g/mol. The fourth-order valence-electron chi connectivity index (χ4n) is 6.83. The van der Waals surface area contributed by atoms with Crippen molar-refractivity contribution in [2.45, 2.75) is 90.8 Å². The predicted molar refractivity (Wildman–Crippen MR) is 172 cm³/mol. The molecule has 3 aliphatic rings. The third kappa shape index (κ3) is 6.60. The zero-order chi connectivity index (χ0) is 31.9. The maximum absolute atomic E-state index is 13.6. The lowest BCUT2D eigenvalue weighted by molar-refractivity contribution is 0.0240. The van der Waals surface area contributed by atoms with Crippen molar-refractivity contribution >= 4 is 17.8 Å². The van der Waals surface area contributed by atoms with Gasteiger partial charge in [-0.05, 0) is 96.0 Å². The van der Waals surface area contributed by atoms with Gasteiger partial charge in [0.25, 0.3) is 5.56 Å². The first kappa shape index (κ1) is 30.8. The van der Waals surface area contributed by atoms with Gasteiger partial charge in [0.15, 0.2) is 5.78 Å². The molecule has 2 fully saturated rings. The zero-order valence-electron chi connectivity index (χ0n) is 27.0. The number of ketones is 1. The van der Waals surface area contributed by atoms with Crippen LogP contribution in [0.1, 0.15) is 85.6 Å². The molecule has 45 heavy (non-hydrogen) atoms. The van der Waals surface area contributed by atoms with Crippen molar-refractivity contribution in [1.29, 1.82) is 0 Å². The summed E-state index contributed by atoms with van der Waals surface area (Å²) < 4.78 is 12.2. The first-order valence-electron chi connectivity index (χ1n) is 16.0. The third-order valence-corrected chi connectivity index (χ3v) is 9.09. The molecule has 1 saturated carbocycles. The third-order valence-electron chi connectivity index (χ3n) is 9.09. The van der Waals surface area contributed by atoms with Gasteiger partial charge in [0, 0.05) is 79.4 Å². The van der Waals surface area contributed by atoms with Crippen LogP contribution in [0.15, 0.2) is 35.4 Å². The first-order valence-corrected chi connectivity index (χ1v) is 16.0. The van der Waals surface area contributed by atoms with Crippen molar-refractivity contribution in [3.8, 4) is 16.9 Å². The number of pyridine rings is 1. The molecule has 1 saturated heterocycles. The number of rotatable bonds is 6. The average molecular weight is 614 g/mol. The van der Waals surface area contributed by atoms with E-state index in [1.54, 1.807) is 17.3 Å². The fraction of sp³-hybridized carbons (Fsp3) is 0.514. The summed E-state index contributed by atoms with van der Waals surface area (Å²) in [6, 6.07) is 5.83. The van der Waals surface area contributed by atoms with Crippen LogP contribution in [0.5, 0.6) is 5.75 Å². The molecule has 0 unspecified atom stereocenters. The topological polar surface area (TPSA) is 118 Å². The predicted octanol–water partition coefficient (Wildman–Crippen LogP) is 5.57. The Hall–Kier alpha value is -4.21. The Balaban J connectivity index is 1.22. The molecule has 6 rings (SSSR count). The number of amides is 1. The Labute approximate surface area is 264 Å². The van der Waals surface area contributed by atoms with Crippen molar-refractivity contribution in [2.75, 3.05) is 31.1 Å². The van der Waals surface area contributed by atoms with Gasteiger partial charge < -0.3 is 24.3 Å². The van der Waals surface area contributed by atoms with E-state index in [9.17, 15) is 14.4 Å². The Morgan fingerprint density at radius 3 is 2.36 bits per heavy atom. The molecule has 10 nitrogen and oxygen atoms in total. The highest BCUT2D eigenvalue weighted by Gasteiger charge is 2.43. The van der Waals surface area contributed by atoms with Crippen molar-refractivity contribution < 1.29 is 19.1 Å². The Morgan fingerprint density at radius 2 is 1.71 bits per heavy atom. The summed E-state index contributed by atoms with van der Waals surface area (Å²) >= 11 is 0. The van der Waals surface area contributed by atoms with Crippen LogP contribution in [-0.4, -0.2) is 69.1 Å². The van der Waals surface area contributed by atoms with Crippen LogP contribution in [0.3, 0.4) is 0 Å². The lowest BCUT2D eigenvalue weighted by atomic mass is 9.91. The number of nitrogens with one attached hydrogen (secondary N) is 1. The van der Waals surface area contributed by atoms with Crippen LogP contribution in [-0.2, 0) is 17.6 Å². The molecule has 3 aromatic rings. The highest BCUT2D eigenvalue weighted by atomic mass is 16.6. The van der Waals surface area contributed by atoms with Gasteiger partial charge in [-0.2, -0.15) is 0 Å². The normalized spacial score (nSPS) is 17.4. The molecule has 2 aromatic heterocycles. The molecule has 1 aliphatic carbocycles. The van der Waals surface area contributed by atoms with E-state index in [-0.39, 0.29) is 29.5 Å². The van der Waals surface area contributed by atoms with E-state index in [2.05, 4.69) is 9.88 Å². The summed E-state index contributed by atoms with van der Waals surface area (Å²) in [5, 5.41) is 0. The van der Waals surface area contributed by atoms with Crippen molar-refractivity contribution in [2.24, 2.45) is 0 Å². The molecule has 4 heterocycles. The molecule has 0 radical (unpaired) electrons. The number of aryl methyl sites for hydroxylation is 2. The number of Topliss-reactive ketones (excluding diaryl/α,β-unsaturated/α-hetero) is 1. The number of hydrogen-bond donors (Lipinski definition) is 1. The summed E-state index contributed by atoms with van der Waals surface area (Å²) in [5.41, 5.74) is 4.77. The molecular formula is C35H43N5O5. The minimum Gasteiger partial charge on any atom is -0.486 e. The van der Waals surface area contributed by atoms with Crippen LogP contribution in [0.25, 0.3) is 11.1 Å². The number of ether oxygens (including phenoxy) is 2. The Morgan fingerprint density at radius 1 is 1.02 bits per heavy atom. The maximum Gasteiger partial charge on any atom is 0.410 e. The van der Waals surface area contributed by atoms with Gasteiger partial charge in [-0.15, -0.1) is 0 Å². The number of carbonyl (C=O) groups excluding carboxylic acids is 2. The van der Waals surface area contributed by atoms with Crippen LogP contribution in [0, 0.1) is 13.8 Å². The lowest BCUT2D eigenvalue weighted by Gasteiger charge is -2.35. The summed E-state index contributed by atoms with van der Waals surface area (Å²) in [5.74, 6) is 1.41. The number of fused-ring (bicyclic) bond motifs is 1. The van der Waals surface area contributed by atoms with E-state index in [4.69, 9.17) is 19.4 Å². The molecule has 1 spiro atoms. The Bertz CT molecular complexity index is 1660. The van der Waals surface area contributed by atoms with Crippen molar-refractivity contribution in [3.63, 3.8) is 0 Å². The highest BCUT2D eigenvalue weighted by Crippen LogP contribution is 2.49. The van der Waals surface area contributed by atoms with Crippen molar-refractivity contribution in [3.05, 3.63) is 68.9 Å². The van der Waals surface area contributed by atoms with Gasteiger partial charge in [-0.3, -0.25) is 9.59 Å². The van der Waals surface area contributed by atoms with Crippen LogP contribution >= 0.6 is 0 Å². The molecule has 10 heteroatoms. The summed E-state index contributed by atoms with van der Waals surface area (Å²) in [4.78, 5) is 54.7. The number of anilines is 1. The summed E-state index contributed by atoms with van der Waals surface area (Å²) in [6.07, 6.45) is 8.98. The lowest BCUT2D eigenvalue weighted by Crippen LogP contribution is -2.50. The first-order chi connectivity index (χ1) is 21.4. The maximum atomic E-state index is 13.6. The van der Waals surface area contributed by atoms with E-state index in [1.165, 1.54) is 0 Å². The number of piperazine rings is 1. The second-order valence-corrected chi connectivity index (χ2v) is 13.8. The van der Waals surface area contributed by atoms with Gasteiger partial charge in [0.1, 0.15) is 17.0 Å². The van der Waals surface area contributed by atoms with Gasteiger partial charge in [-0.1, -0.05) is 0 Å². The van der Waals surface area contributed by atoms with Gasteiger partial charge in [0.2, 0.25) is 5.95 Å². The number of benzene rings is 1. The minimum absolute atomic E-state index is 0.00815. The highest BCUT2D eigenvalue weighted by molar-refractivity contribution is 5.98. The molecule has 2 aliphatic heterocycles. The van der Waals surface area contributed by atoms with Gasteiger partial charge >= 0.3 is 6.09 Å². The standard InChI is InChI=1S/C35H43N5O5/c1-22-16-23(2)38-31(42)27(22)8-9-29(41)24-17-25-19-35(10-6-7-11-35)44-30(25)28(18-24)26-20-36-32(37-21-26)39-12-14-40(15-13-39)33(43)45-34(3,4)5/h16-18,20-21H,6-15,19H2,1-5H3,(H,38,42). The van der Waals surface area contributed by atoms with Crippen LogP contribution in [0.4, 0.5) is 10.7 Å². The zero-order valence-corrected chi connectivity index (χ0v) is 27.0. The minimum atomic E-state index is -0.532. The molecule has 1 amide bonds. The molecular weight excluding hydrogens is 570 g/mol. The van der Waals surface area contributed by atoms with Gasteiger partial charge in [0.05, 0.1) is 0 Å². The average Bonchev–Trinajstić information content (AvgIpc) is 3.60. The van der Waals surface area contributed by atoms with Crippen LogP contribution < -0.4 is 15.2 Å². The van der Waals surface area contributed by atoms with E-state index in [0.717, 1.165) is 65.8 Å². The second-order valence-electron chi connectivity index (χ2n) is 13.8. The van der Waals surface area contributed by atoms with Gasteiger partial charge in [-0.25, -0.2) is 14.8 Å². The second kappa shape index (κ2) is 11.9. The largest absolute Gasteiger partial charge is 0.486 e. The smallest absolute Gasteiger partial charge is 0.410 e. The molecule has 238 valence electrons. The number of aromatic nitrogens is 3. The quantitative estimate of drug-likeness (QED) is 0.359. The summed E-state index contributed by atoms with van der Waals surface area (Å²) in [6.45, 7) is 11.6. The molecule has 1 aromatic carbocycles. The summed E-state index contributed by atoms with van der Waals surface area (Å²) in [7, 11) is 0. The number of H-pyrrole nitrogens is 1. The van der Waals surface area contributed by atoms with E-state index >= 15 is 0 Å². The van der Waals surface area contributed by atoms with E-state index < -0.39 is 5.60 Å². The number of nitrogens with zero attached hydrogens (tertiary/aromatic N) is 4. The van der Waals surface area contributed by atoms with Crippen LogP contribution in [0.2, 0.25) is 0 Å². The Kier molecular flexibility index (Phi) is 8.18. The number of carbonyl (C=O) groups is 2. The number of hydrogen-bond acceptors (Lipinski definition) is 8. The molecule has 1 N–H and O–H groups in total. The van der Waals surface area contributed by atoms with E-state index in [0.29, 0.717) is 49.7 Å². The van der Waals surface area contributed by atoms with E-state index in [1.807, 2.05) is 52.8 Å². The molecule has 0 atom stereocenters. The fourth-order valence-corrected chi connectivity index (χ4v) is 6.83. The number of aromatic amines is 1. The SMILES string of the molecule is Cc1cc(C)c(CCC(=O)c2cc3c(c(-c4cnc(N5CCN(C(=O)OC(C)(C)C)CC5)nc4)c2)OC2(CCCC2)C3)c(=O)[nH]1. The molecule has 0 bridgehead atoms.